The summed E-state index contributed by atoms with van der Waals surface area (Å²) in [6.45, 7) is 19.0. The first-order valence-corrected chi connectivity index (χ1v) is 20.9. The predicted octanol–water partition coefficient (Wildman–Crippen LogP) is 5.33. The van der Waals surface area contributed by atoms with Gasteiger partial charge in [0.2, 0.25) is 11.8 Å². The Balaban J connectivity index is 1.09. The summed E-state index contributed by atoms with van der Waals surface area (Å²) >= 11 is 1.92. The number of anilines is 1. The van der Waals surface area contributed by atoms with E-state index in [4.69, 9.17) is 0 Å². The van der Waals surface area contributed by atoms with Gasteiger partial charge in [-0.3, -0.25) is 14.5 Å². The van der Waals surface area contributed by atoms with Gasteiger partial charge in [0, 0.05) is 68.3 Å². The summed E-state index contributed by atoms with van der Waals surface area (Å²) in [5, 5.41) is 12.6. The first kappa shape index (κ1) is 40.4. The highest BCUT2D eigenvalue weighted by molar-refractivity contribution is 8.00. The van der Waals surface area contributed by atoms with Crippen molar-refractivity contribution >= 4 is 35.3 Å². The summed E-state index contributed by atoms with van der Waals surface area (Å²) in [4.78, 5) is 44.4. The van der Waals surface area contributed by atoms with Gasteiger partial charge >= 0.3 is 6.03 Å². The highest BCUT2D eigenvalue weighted by atomic mass is 32.2. The number of likely N-dealkylation sites (N-methyl/N-ethyl adjacent to an activating group) is 1. The molecule has 50 heavy (non-hydrogen) atoms. The Morgan fingerprint density at radius 1 is 0.940 bits per heavy atom. The van der Waals surface area contributed by atoms with Gasteiger partial charge in [0.1, 0.15) is 0 Å². The number of hydrogen-bond donors (Lipinski definition) is 4. The van der Waals surface area contributed by atoms with E-state index >= 15 is 0 Å². The predicted molar refractivity (Wildman–Crippen MR) is 208 cm³/mol. The van der Waals surface area contributed by atoms with Crippen molar-refractivity contribution in [2.24, 2.45) is 5.92 Å². The van der Waals surface area contributed by atoms with Crippen LogP contribution in [0.4, 0.5) is 10.5 Å². The molecule has 3 saturated heterocycles. The molecule has 3 aliphatic heterocycles. The minimum atomic E-state index is -0.0481. The Bertz CT molecular complexity index is 1170. The summed E-state index contributed by atoms with van der Waals surface area (Å²) in [6, 6.07) is 9.44. The minimum absolute atomic E-state index is 0.0481. The Morgan fingerprint density at radius 3 is 2.46 bits per heavy atom. The molecule has 10 nitrogen and oxygen atoms in total. The first-order chi connectivity index (χ1) is 24.3. The van der Waals surface area contributed by atoms with Crippen LogP contribution in [-0.2, 0) is 16.0 Å². The van der Waals surface area contributed by atoms with Crippen LogP contribution in [0.1, 0.15) is 97.5 Å². The molecule has 4 amide bonds. The lowest BCUT2D eigenvalue weighted by Gasteiger charge is -2.40. The number of nitrogens with one attached hydrogen (secondary N) is 4. The normalized spacial score (nSPS) is 24.3. The Kier molecular flexibility index (Phi) is 17.7. The summed E-state index contributed by atoms with van der Waals surface area (Å²) in [5.41, 5.74) is 2.19. The van der Waals surface area contributed by atoms with Crippen molar-refractivity contribution in [3.05, 3.63) is 29.8 Å². The lowest BCUT2D eigenvalue weighted by atomic mass is 9.98. The number of amides is 4. The van der Waals surface area contributed by atoms with Gasteiger partial charge in [0.05, 0.1) is 12.1 Å². The second kappa shape index (κ2) is 21.9. The van der Waals surface area contributed by atoms with E-state index in [0.29, 0.717) is 36.6 Å². The highest BCUT2D eigenvalue weighted by Gasteiger charge is 2.42. The van der Waals surface area contributed by atoms with Crippen molar-refractivity contribution in [2.45, 2.75) is 122 Å². The fraction of sp³-hybridized carbons (Fsp3) is 0.769. The molecule has 5 unspecified atom stereocenters. The lowest BCUT2D eigenvalue weighted by Crippen LogP contribution is -2.51. The van der Waals surface area contributed by atoms with Crippen molar-refractivity contribution in [1.29, 1.82) is 0 Å². The van der Waals surface area contributed by atoms with E-state index in [-0.39, 0.29) is 29.9 Å². The monoisotopic (exact) mass is 714 g/mol. The van der Waals surface area contributed by atoms with Crippen LogP contribution in [-0.4, -0.2) is 121 Å². The number of fused-ring (bicyclic) bond motifs is 1. The molecule has 3 fully saturated rings. The Labute approximate surface area is 307 Å². The second-order valence-electron chi connectivity index (χ2n) is 14.8. The zero-order chi connectivity index (χ0) is 35.7. The zero-order valence-corrected chi connectivity index (χ0v) is 32.3. The maximum absolute atomic E-state index is 12.7. The van der Waals surface area contributed by atoms with E-state index in [2.05, 4.69) is 87.9 Å². The first-order valence-electron chi connectivity index (χ1n) is 19.8. The third-order valence-corrected chi connectivity index (χ3v) is 12.3. The van der Waals surface area contributed by atoms with Gasteiger partial charge in [-0.25, -0.2) is 4.79 Å². The molecule has 1 aromatic rings. The third-order valence-electron chi connectivity index (χ3n) is 10.8. The van der Waals surface area contributed by atoms with Crippen LogP contribution in [0, 0.1) is 5.92 Å². The van der Waals surface area contributed by atoms with Crippen LogP contribution in [0.3, 0.4) is 0 Å². The van der Waals surface area contributed by atoms with Gasteiger partial charge < -0.3 is 31.1 Å². The average molecular weight is 714 g/mol. The van der Waals surface area contributed by atoms with Crippen LogP contribution >= 0.6 is 11.8 Å². The van der Waals surface area contributed by atoms with E-state index < -0.39 is 0 Å². The molecule has 0 aliphatic carbocycles. The molecule has 0 saturated carbocycles. The number of carbonyl (C=O) groups excluding carboxylic acids is 3. The molecule has 0 aromatic heterocycles. The fourth-order valence-corrected chi connectivity index (χ4v) is 9.27. The highest BCUT2D eigenvalue weighted by Crippen LogP contribution is 2.33. The Morgan fingerprint density at radius 2 is 1.70 bits per heavy atom. The van der Waals surface area contributed by atoms with Crippen molar-refractivity contribution < 1.29 is 14.4 Å². The minimum Gasteiger partial charge on any atom is -0.356 e. The van der Waals surface area contributed by atoms with E-state index in [0.717, 1.165) is 95.7 Å². The number of urea groups is 1. The van der Waals surface area contributed by atoms with Crippen LogP contribution in [0.15, 0.2) is 24.3 Å². The molecular weight excluding hydrogens is 647 g/mol. The van der Waals surface area contributed by atoms with Crippen molar-refractivity contribution in [3.8, 4) is 0 Å². The number of hydrogen-bond acceptors (Lipinski definition) is 7. The van der Waals surface area contributed by atoms with Gasteiger partial charge in [-0.15, -0.1) is 0 Å². The average Bonchev–Trinajstić information content (AvgIpc) is 3.66. The number of unbranched alkanes of at least 4 members (excludes halogenated alkanes) is 3. The topological polar surface area (TPSA) is 109 Å². The van der Waals surface area contributed by atoms with Gasteiger partial charge in [0.25, 0.3) is 0 Å². The largest absolute Gasteiger partial charge is 0.356 e. The zero-order valence-electron chi connectivity index (χ0n) is 31.5. The van der Waals surface area contributed by atoms with Crippen LogP contribution in [0.5, 0.6) is 0 Å². The van der Waals surface area contributed by atoms with E-state index in [1.165, 1.54) is 31.5 Å². The van der Waals surface area contributed by atoms with Crippen LogP contribution in [0.25, 0.3) is 0 Å². The molecule has 5 atom stereocenters. The van der Waals surface area contributed by atoms with Crippen molar-refractivity contribution in [3.63, 3.8) is 0 Å². The maximum atomic E-state index is 12.7. The molecule has 0 bridgehead atoms. The standard InChI is InChI=1S/C39H67N7O3S/c1-5-22-46-27-30(4)20-23-45(25-24-44(6-2)7-3)28-33(46)26-31-16-18-32(19-17-31)41-37(48)15-9-8-12-21-40-36(47)14-11-10-13-35-38-34(29-50-35)42-39(49)43-38/h16-19,30,33-35,38H,5-15,20-29H2,1-4H3,(H,40,47)(H,41,48)(H2,42,43,49). The van der Waals surface area contributed by atoms with E-state index in [1.807, 2.05) is 11.8 Å². The molecule has 4 N–H and O–H groups in total. The van der Waals surface area contributed by atoms with E-state index in [9.17, 15) is 14.4 Å². The number of nitrogens with zero attached hydrogens (tertiary/aromatic N) is 3. The van der Waals surface area contributed by atoms with Crippen LogP contribution < -0.4 is 21.3 Å². The van der Waals surface area contributed by atoms with Gasteiger partial charge in [0.15, 0.2) is 0 Å². The lowest BCUT2D eigenvalue weighted by molar-refractivity contribution is -0.121. The molecule has 4 rings (SSSR count). The summed E-state index contributed by atoms with van der Waals surface area (Å²) in [7, 11) is 0. The molecule has 11 heteroatoms. The summed E-state index contributed by atoms with van der Waals surface area (Å²) < 4.78 is 0. The van der Waals surface area contributed by atoms with Crippen molar-refractivity contribution in [1.82, 2.24) is 30.7 Å². The molecule has 0 spiro atoms. The van der Waals surface area contributed by atoms with Crippen LogP contribution in [0.2, 0.25) is 0 Å². The van der Waals surface area contributed by atoms with Gasteiger partial charge in [-0.2, -0.15) is 11.8 Å². The molecule has 1 aromatic carbocycles. The second-order valence-corrected chi connectivity index (χ2v) is 16.1. The molecular formula is C39H67N7O3S. The van der Waals surface area contributed by atoms with E-state index in [1.54, 1.807) is 0 Å². The number of thioether (sulfide) groups is 1. The summed E-state index contributed by atoms with van der Waals surface area (Å²) in [6.07, 6.45) is 9.99. The third kappa shape index (κ3) is 13.7. The van der Waals surface area contributed by atoms with Gasteiger partial charge in [-0.1, -0.05) is 52.7 Å². The molecule has 282 valence electrons. The maximum Gasteiger partial charge on any atom is 0.315 e. The Hall–Kier alpha value is -2.34. The number of rotatable bonds is 21. The molecule has 3 heterocycles. The smallest absolute Gasteiger partial charge is 0.315 e. The molecule has 3 aliphatic rings. The van der Waals surface area contributed by atoms with Crippen molar-refractivity contribution in [2.75, 3.05) is 70.0 Å². The SMILES string of the molecule is CCCN1CC(C)CCN(CCN(CC)CC)CC1Cc1ccc(NC(=O)CCCCCNC(=O)CCCCC2SCC3NC(=O)NC32)cc1. The van der Waals surface area contributed by atoms with Gasteiger partial charge in [-0.05, 0) is 94.7 Å². The number of carbonyl (C=O) groups is 3. The summed E-state index contributed by atoms with van der Waals surface area (Å²) in [5.74, 6) is 1.82. The number of benzene rings is 1. The quantitative estimate of drug-likeness (QED) is 0.101. The molecule has 0 radical (unpaired) electrons. The fourth-order valence-electron chi connectivity index (χ4n) is 7.73.